The van der Waals surface area contributed by atoms with Crippen molar-refractivity contribution < 1.29 is 9.59 Å². The van der Waals surface area contributed by atoms with E-state index in [1.807, 2.05) is 18.4 Å². The van der Waals surface area contributed by atoms with E-state index in [1.54, 1.807) is 31.3 Å². The maximum Gasteiger partial charge on any atom is 0.266 e. The van der Waals surface area contributed by atoms with Gasteiger partial charge >= 0.3 is 0 Å². The lowest BCUT2D eigenvalue weighted by atomic mass is 10.2. The average molecular weight is 288 g/mol. The molecule has 1 aromatic heterocycles. The first-order valence-electron chi connectivity index (χ1n) is 6.35. The minimum atomic E-state index is -0.144. The second-order valence-corrected chi connectivity index (χ2v) is 5.16. The van der Waals surface area contributed by atoms with Crippen LogP contribution in [-0.2, 0) is 6.42 Å². The molecule has 0 atom stereocenters. The average Bonchev–Trinajstić information content (AvgIpc) is 2.95. The Balaban J connectivity index is 2.10. The third kappa shape index (κ3) is 3.05. The van der Waals surface area contributed by atoms with Crippen molar-refractivity contribution in [1.82, 2.24) is 5.32 Å². The Morgan fingerprint density at radius 1 is 1.10 bits per heavy atom. The number of hydrogen-bond acceptors (Lipinski definition) is 3. The highest BCUT2D eigenvalue weighted by molar-refractivity contribution is 7.12. The number of thiophene rings is 1. The van der Waals surface area contributed by atoms with E-state index >= 15 is 0 Å². The van der Waals surface area contributed by atoms with Gasteiger partial charge in [0, 0.05) is 18.3 Å². The van der Waals surface area contributed by atoms with E-state index in [0.29, 0.717) is 11.3 Å². The molecule has 0 unspecified atom stereocenters. The number of hydrogen-bond donors (Lipinski definition) is 2. The summed E-state index contributed by atoms with van der Waals surface area (Å²) in [6.07, 6.45) is 0.835. The normalized spacial score (nSPS) is 10.1. The summed E-state index contributed by atoms with van der Waals surface area (Å²) in [6, 6.07) is 8.78. The van der Waals surface area contributed by atoms with Gasteiger partial charge in [-0.3, -0.25) is 9.59 Å². The molecule has 1 aromatic carbocycles. The topological polar surface area (TPSA) is 58.2 Å². The molecule has 0 saturated heterocycles. The molecule has 2 rings (SSSR count). The Bertz CT molecular complexity index is 617. The molecule has 0 aliphatic rings. The van der Waals surface area contributed by atoms with E-state index < -0.39 is 0 Å². The van der Waals surface area contributed by atoms with Crippen LogP contribution in [0, 0.1) is 0 Å². The van der Waals surface area contributed by atoms with Gasteiger partial charge in [-0.25, -0.2) is 0 Å². The summed E-state index contributed by atoms with van der Waals surface area (Å²) in [5, 5.41) is 7.32. The second kappa shape index (κ2) is 6.34. The van der Waals surface area contributed by atoms with Gasteiger partial charge < -0.3 is 10.6 Å². The molecule has 20 heavy (non-hydrogen) atoms. The molecule has 104 valence electrons. The molecular formula is C15H16N2O2S. The molecule has 0 radical (unpaired) electrons. The number of aryl methyl sites for hydroxylation is 1. The summed E-state index contributed by atoms with van der Waals surface area (Å²) in [4.78, 5) is 24.3. The smallest absolute Gasteiger partial charge is 0.266 e. The number of carbonyl (C=O) groups is 2. The van der Waals surface area contributed by atoms with Gasteiger partial charge in [-0.05, 0) is 47.7 Å². The SMILES string of the molecule is CCc1ccsc1C(=O)Nc1ccc(C(=O)NC)cc1. The maximum atomic E-state index is 12.1. The van der Waals surface area contributed by atoms with Crippen molar-refractivity contribution in [2.75, 3.05) is 12.4 Å². The first-order valence-corrected chi connectivity index (χ1v) is 7.23. The van der Waals surface area contributed by atoms with Gasteiger partial charge in [0.1, 0.15) is 0 Å². The number of benzene rings is 1. The number of amides is 2. The van der Waals surface area contributed by atoms with Crippen LogP contribution in [0.15, 0.2) is 35.7 Å². The zero-order valence-corrected chi connectivity index (χ0v) is 12.2. The van der Waals surface area contributed by atoms with Crippen molar-refractivity contribution in [3.63, 3.8) is 0 Å². The Hall–Kier alpha value is -2.14. The molecule has 2 aromatic rings. The predicted molar refractivity (Wildman–Crippen MR) is 81.5 cm³/mol. The minimum Gasteiger partial charge on any atom is -0.355 e. The van der Waals surface area contributed by atoms with E-state index in [9.17, 15) is 9.59 Å². The van der Waals surface area contributed by atoms with Crippen LogP contribution in [0.4, 0.5) is 5.69 Å². The molecular weight excluding hydrogens is 272 g/mol. The fourth-order valence-corrected chi connectivity index (χ4v) is 2.74. The van der Waals surface area contributed by atoms with Crippen LogP contribution in [0.1, 0.15) is 32.5 Å². The number of nitrogens with one attached hydrogen (secondary N) is 2. The zero-order valence-electron chi connectivity index (χ0n) is 11.4. The molecule has 5 heteroatoms. The van der Waals surface area contributed by atoms with Crippen LogP contribution in [0.3, 0.4) is 0 Å². The van der Waals surface area contributed by atoms with E-state index in [4.69, 9.17) is 0 Å². The Morgan fingerprint density at radius 3 is 2.40 bits per heavy atom. The van der Waals surface area contributed by atoms with Crippen molar-refractivity contribution >= 4 is 28.8 Å². The minimum absolute atomic E-state index is 0.107. The van der Waals surface area contributed by atoms with Crippen molar-refractivity contribution in [3.05, 3.63) is 51.7 Å². The van der Waals surface area contributed by atoms with Crippen LogP contribution >= 0.6 is 11.3 Å². The van der Waals surface area contributed by atoms with E-state index in [1.165, 1.54) is 11.3 Å². The maximum absolute atomic E-state index is 12.1. The quantitative estimate of drug-likeness (QED) is 0.908. The van der Waals surface area contributed by atoms with E-state index in [2.05, 4.69) is 10.6 Å². The van der Waals surface area contributed by atoms with Crippen LogP contribution in [0.5, 0.6) is 0 Å². The Morgan fingerprint density at radius 2 is 1.80 bits per heavy atom. The van der Waals surface area contributed by atoms with Crippen LogP contribution in [0.2, 0.25) is 0 Å². The van der Waals surface area contributed by atoms with Gasteiger partial charge in [0.15, 0.2) is 0 Å². The van der Waals surface area contributed by atoms with Gasteiger partial charge in [0.05, 0.1) is 4.88 Å². The summed E-state index contributed by atoms with van der Waals surface area (Å²) in [6.45, 7) is 2.02. The molecule has 1 heterocycles. The molecule has 0 fully saturated rings. The summed E-state index contributed by atoms with van der Waals surface area (Å²) >= 11 is 1.44. The number of anilines is 1. The van der Waals surface area contributed by atoms with Gasteiger partial charge in [-0.1, -0.05) is 6.92 Å². The van der Waals surface area contributed by atoms with E-state index in [-0.39, 0.29) is 11.8 Å². The molecule has 4 nitrogen and oxygen atoms in total. The van der Waals surface area contributed by atoms with Crippen LogP contribution in [0.25, 0.3) is 0 Å². The standard InChI is InChI=1S/C15H16N2O2S/c1-3-10-8-9-20-13(10)15(19)17-12-6-4-11(5-7-12)14(18)16-2/h4-9H,3H2,1-2H3,(H,16,18)(H,17,19). The molecule has 0 spiro atoms. The monoisotopic (exact) mass is 288 g/mol. The van der Waals surface area contributed by atoms with Gasteiger partial charge in [0.2, 0.25) is 0 Å². The number of carbonyl (C=O) groups excluding carboxylic acids is 2. The van der Waals surface area contributed by atoms with Gasteiger partial charge in [0.25, 0.3) is 11.8 Å². The summed E-state index contributed by atoms with van der Waals surface area (Å²) < 4.78 is 0. The second-order valence-electron chi connectivity index (χ2n) is 4.24. The fraction of sp³-hybridized carbons (Fsp3) is 0.200. The number of rotatable bonds is 4. The largest absolute Gasteiger partial charge is 0.355 e. The lowest BCUT2D eigenvalue weighted by Gasteiger charge is -2.06. The van der Waals surface area contributed by atoms with Crippen LogP contribution < -0.4 is 10.6 Å². The van der Waals surface area contributed by atoms with Gasteiger partial charge in [-0.15, -0.1) is 11.3 Å². The molecule has 2 N–H and O–H groups in total. The van der Waals surface area contributed by atoms with Crippen molar-refractivity contribution in [2.24, 2.45) is 0 Å². The Kier molecular flexibility index (Phi) is 4.53. The first kappa shape index (κ1) is 14.3. The lowest BCUT2D eigenvalue weighted by molar-refractivity contribution is 0.0962. The van der Waals surface area contributed by atoms with Crippen LogP contribution in [-0.4, -0.2) is 18.9 Å². The predicted octanol–water partition coefficient (Wildman–Crippen LogP) is 2.92. The first-order chi connectivity index (χ1) is 9.65. The molecule has 0 bridgehead atoms. The zero-order chi connectivity index (χ0) is 14.5. The van der Waals surface area contributed by atoms with Crippen molar-refractivity contribution in [1.29, 1.82) is 0 Å². The highest BCUT2D eigenvalue weighted by Crippen LogP contribution is 2.19. The molecule has 0 aliphatic carbocycles. The molecule has 2 amide bonds. The van der Waals surface area contributed by atoms with Gasteiger partial charge in [-0.2, -0.15) is 0 Å². The third-order valence-electron chi connectivity index (χ3n) is 2.97. The van der Waals surface area contributed by atoms with Crippen molar-refractivity contribution in [3.8, 4) is 0 Å². The van der Waals surface area contributed by atoms with Crippen molar-refractivity contribution in [2.45, 2.75) is 13.3 Å². The highest BCUT2D eigenvalue weighted by atomic mass is 32.1. The summed E-state index contributed by atoms with van der Waals surface area (Å²) in [7, 11) is 1.58. The molecule has 0 saturated carbocycles. The summed E-state index contributed by atoms with van der Waals surface area (Å²) in [5.41, 5.74) is 2.29. The third-order valence-corrected chi connectivity index (χ3v) is 3.92. The summed E-state index contributed by atoms with van der Waals surface area (Å²) in [5.74, 6) is -0.251. The lowest BCUT2D eigenvalue weighted by Crippen LogP contribution is -2.17. The highest BCUT2D eigenvalue weighted by Gasteiger charge is 2.12. The fourth-order valence-electron chi connectivity index (χ4n) is 1.85. The Labute approximate surface area is 121 Å². The van der Waals surface area contributed by atoms with E-state index in [0.717, 1.165) is 16.9 Å². The molecule has 0 aliphatic heterocycles.